The highest BCUT2D eigenvalue weighted by Crippen LogP contribution is 2.44. The topological polar surface area (TPSA) is 3.24 Å². The van der Waals surface area contributed by atoms with Crippen molar-refractivity contribution < 1.29 is 4.39 Å². The van der Waals surface area contributed by atoms with Crippen LogP contribution in [0.1, 0.15) is 39.0 Å². The van der Waals surface area contributed by atoms with Gasteiger partial charge in [0.05, 0.1) is 6.33 Å². The Hall–Kier alpha value is -0.370. The fraction of sp³-hybridized carbons (Fsp3) is 0.818. The van der Waals surface area contributed by atoms with Gasteiger partial charge >= 0.3 is 0 Å². The van der Waals surface area contributed by atoms with E-state index in [2.05, 4.69) is 11.8 Å². The molecule has 0 saturated carbocycles. The molecule has 2 heteroatoms. The fourth-order valence-electron chi connectivity index (χ4n) is 3.07. The number of fused-ring (bicyclic) bond motifs is 1. The molecule has 74 valence electrons. The highest BCUT2D eigenvalue weighted by molar-refractivity contribution is 5.18. The smallest absolute Gasteiger partial charge is 0.0872 e. The summed E-state index contributed by atoms with van der Waals surface area (Å²) < 4.78 is 12.4. The minimum atomic E-state index is 0.354. The lowest BCUT2D eigenvalue weighted by Gasteiger charge is -2.31. The van der Waals surface area contributed by atoms with E-state index < -0.39 is 0 Å². The monoisotopic (exact) mass is 183 g/mol. The van der Waals surface area contributed by atoms with Crippen LogP contribution in [0.3, 0.4) is 0 Å². The standard InChI is InChI=1S/C11H18FN/c1-2-4-11-5-3-6-13(11)9-10(7-11)8-12/h8H,2-7,9H2,1H3/b10-8-/t11-/m0/s1. The van der Waals surface area contributed by atoms with Gasteiger partial charge in [-0.05, 0) is 37.8 Å². The molecule has 2 saturated heterocycles. The summed E-state index contributed by atoms with van der Waals surface area (Å²) in [4.78, 5) is 2.49. The molecule has 2 aliphatic rings. The zero-order chi connectivity index (χ0) is 9.31. The summed E-state index contributed by atoms with van der Waals surface area (Å²) in [6.07, 6.45) is 6.85. The largest absolute Gasteiger partial charge is 0.293 e. The second kappa shape index (κ2) is 3.41. The third-order valence-corrected chi connectivity index (χ3v) is 3.56. The van der Waals surface area contributed by atoms with Crippen LogP contribution in [0.5, 0.6) is 0 Å². The third kappa shape index (κ3) is 1.41. The van der Waals surface area contributed by atoms with E-state index in [0.717, 1.165) is 24.9 Å². The molecular formula is C11H18FN. The van der Waals surface area contributed by atoms with E-state index in [1.807, 2.05) is 0 Å². The van der Waals surface area contributed by atoms with Gasteiger partial charge in [-0.1, -0.05) is 13.3 Å². The Labute approximate surface area is 79.6 Å². The Morgan fingerprint density at radius 2 is 2.46 bits per heavy atom. The van der Waals surface area contributed by atoms with Crippen LogP contribution >= 0.6 is 0 Å². The maximum Gasteiger partial charge on any atom is 0.0872 e. The molecule has 2 heterocycles. The van der Waals surface area contributed by atoms with Gasteiger partial charge < -0.3 is 0 Å². The first kappa shape index (κ1) is 9.20. The van der Waals surface area contributed by atoms with Crippen LogP contribution in [0.2, 0.25) is 0 Å². The molecule has 0 aliphatic carbocycles. The number of hydrogen-bond donors (Lipinski definition) is 0. The van der Waals surface area contributed by atoms with Crippen molar-refractivity contribution in [2.24, 2.45) is 0 Å². The molecular weight excluding hydrogens is 165 g/mol. The van der Waals surface area contributed by atoms with Crippen molar-refractivity contribution in [1.82, 2.24) is 4.90 Å². The molecule has 0 radical (unpaired) electrons. The SMILES string of the molecule is CCC[C@@]12CCCN1C/C(=C\F)C2. The summed E-state index contributed by atoms with van der Waals surface area (Å²) in [5.41, 5.74) is 1.36. The minimum absolute atomic E-state index is 0.354. The van der Waals surface area contributed by atoms with E-state index in [1.54, 1.807) is 0 Å². The molecule has 0 aromatic carbocycles. The van der Waals surface area contributed by atoms with Crippen LogP contribution in [-0.2, 0) is 0 Å². The van der Waals surface area contributed by atoms with Crippen LogP contribution in [0, 0.1) is 0 Å². The summed E-state index contributed by atoms with van der Waals surface area (Å²) in [5.74, 6) is 0. The Balaban J connectivity index is 2.14. The number of rotatable bonds is 2. The molecule has 0 bridgehead atoms. The average molecular weight is 183 g/mol. The maximum absolute atomic E-state index is 12.4. The lowest BCUT2D eigenvalue weighted by atomic mass is 9.88. The third-order valence-electron chi connectivity index (χ3n) is 3.56. The van der Waals surface area contributed by atoms with Crippen molar-refractivity contribution in [3.63, 3.8) is 0 Å². The summed E-state index contributed by atoms with van der Waals surface area (Å²) in [7, 11) is 0. The molecule has 2 fully saturated rings. The van der Waals surface area contributed by atoms with Crippen LogP contribution in [0.25, 0.3) is 0 Å². The van der Waals surface area contributed by atoms with Crippen molar-refractivity contribution in [2.75, 3.05) is 13.1 Å². The second-order valence-corrected chi connectivity index (χ2v) is 4.44. The molecule has 0 spiro atoms. The Kier molecular flexibility index (Phi) is 2.41. The first-order valence-electron chi connectivity index (χ1n) is 5.34. The van der Waals surface area contributed by atoms with Gasteiger partial charge in [-0.2, -0.15) is 0 Å². The highest BCUT2D eigenvalue weighted by Gasteiger charge is 2.45. The molecule has 13 heavy (non-hydrogen) atoms. The molecule has 0 amide bonds. The van der Waals surface area contributed by atoms with Crippen LogP contribution in [0.15, 0.2) is 11.9 Å². The van der Waals surface area contributed by atoms with E-state index in [-0.39, 0.29) is 0 Å². The predicted octanol–water partition coefficient (Wildman–Crippen LogP) is 2.88. The summed E-state index contributed by atoms with van der Waals surface area (Å²) in [5, 5.41) is 0. The van der Waals surface area contributed by atoms with Gasteiger partial charge in [0.25, 0.3) is 0 Å². The molecule has 1 atom stereocenters. The molecule has 0 aromatic rings. The quantitative estimate of drug-likeness (QED) is 0.636. The van der Waals surface area contributed by atoms with Gasteiger partial charge in [-0.15, -0.1) is 0 Å². The number of halogens is 1. The zero-order valence-electron chi connectivity index (χ0n) is 8.35. The molecule has 0 unspecified atom stereocenters. The summed E-state index contributed by atoms with van der Waals surface area (Å²) in [6.45, 7) is 4.29. The maximum atomic E-state index is 12.4. The van der Waals surface area contributed by atoms with Crippen molar-refractivity contribution in [3.8, 4) is 0 Å². The van der Waals surface area contributed by atoms with Crippen molar-refractivity contribution in [2.45, 2.75) is 44.6 Å². The molecule has 0 aromatic heterocycles. The Morgan fingerprint density at radius 1 is 1.62 bits per heavy atom. The van der Waals surface area contributed by atoms with Gasteiger partial charge in [0.1, 0.15) is 0 Å². The van der Waals surface area contributed by atoms with Crippen LogP contribution < -0.4 is 0 Å². The van der Waals surface area contributed by atoms with Gasteiger partial charge in [-0.25, -0.2) is 4.39 Å². The molecule has 2 rings (SSSR count). The lowest BCUT2D eigenvalue weighted by molar-refractivity contribution is 0.181. The number of nitrogens with zero attached hydrogens (tertiary/aromatic N) is 1. The first-order chi connectivity index (χ1) is 6.30. The van der Waals surface area contributed by atoms with E-state index in [9.17, 15) is 4.39 Å². The Morgan fingerprint density at radius 3 is 3.15 bits per heavy atom. The first-order valence-corrected chi connectivity index (χ1v) is 5.34. The van der Waals surface area contributed by atoms with Gasteiger partial charge in [0, 0.05) is 12.1 Å². The lowest BCUT2D eigenvalue weighted by Crippen LogP contribution is -2.37. The zero-order valence-corrected chi connectivity index (χ0v) is 8.35. The van der Waals surface area contributed by atoms with Gasteiger partial charge in [0.2, 0.25) is 0 Å². The molecule has 1 nitrogen and oxygen atoms in total. The van der Waals surface area contributed by atoms with E-state index in [0.29, 0.717) is 5.54 Å². The predicted molar refractivity (Wildman–Crippen MR) is 52.3 cm³/mol. The summed E-state index contributed by atoms with van der Waals surface area (Å²) >= 11 is 0. The fourth-order valence-corrected chi connectivity index (χ4v) is 3.07. The van der Waals surface area contributed by atoms with Crippen molar-refractivity contribution in [3.05, 3.63) is 11.9 Å². The minimum Gasteiger partial charge on any atom is -0.293 e. The van der Waals surface area contributed by atoms with Crippen molar-refractivity contribution in [1.29, 1.82) is 0 Å². The molecule has 0 N–H and O–H groups in total. The van der Waals surface area contributed by atoms with Crippen LogP contribution in [0.4, 0.5) is 4.39 Å². The van der Waals surface area contributed by atoms with Gasteiger partial charge in [-0.3, -0.25) is 4.90 Å². The van der Waals surface area contributed by atoms with E-state index >= 15 is 0 Å². The highest BCUT2D eigenvalue weighted by atomic mass is 19.1. The summed E-state index contributed by atoms with van der Waals surface area (Å²) in [6, 6.07) is 0. The van der Waals surface area contributed by atoms with E-state index in [4.69, 9.17) is 0 Å². The second-order valence-electron chi connectivity index (χ2n) is 4.44. The normalized spacial score (nSPS) is 37.2. The average Bonchev–Trinajstić information content (AvgIpc) is 2.60. The Bertz CT molecular complexity index is 224. The van der Waals surface area contributed by atoms with Gasteiger partial charge in [0.15, 0.2) is 0 Å². The van der Waals surface area contributed by atoms with Crippen LogP contribution in [-0.4, -0.2) is 23.5 Å². The van der Waals surface area contributed by atoms with Crippen molar-refractivity contribution >= 4 is 0 Å². The van der Waals surface area contributed by atoms with E-state index in [1.165, 1.54) is 32.2 Å². The molecule has 2 aliphatic heterocycles. The number of hydrogen-bond acceptors (Lipinski definition) is 1.